The number of fused-ring (bicyclic) bond motifs is 7. The number of para-hydroxylation sites is 2. The molecule has 46 heavy (non-hydrogen) atoms. The number of allylic oxidation sites excluding steroid dienone is 2. The molecule has 0 aliphatic carbocycles. The second-order valence-electron chi connectivity index (χ2n) is 13.1. The Bertz CT molecular complexity index is 2610. The van der Waals surface area contributed by atoms with E-state index in [1.807, 2.05) is 30.3 Å². The van der Waals surface area contributed by atoms with Crippen LogP contribution in [0.1, 0.15) is 37.6 Å². The number of hydrogen-bond acceptors (Lipinski definition) is 2. The zero-order chi connectivity index (χ0) is 31.7. The fourth-order valence-corrected chi connectivity index (χ4v) is 7.00. The summed E-state index contributed by atoms with van der Waals surface area (Å²) in [6, 6.07) is 38.3. The zero-order valence-electron chi connectivity index (χ0n) is 26.4. The van der Waals surface area contributed by atoms with Gasteiger partial charge in [-0.25, -0.2) is 0 Å². The van der Waals surface area contributed by atoms with Crippen molar-refractivity contribution in [1.82, 2.24) is 9.13 Å². The SMILES string of the molecule is C=C/C(=C\c1c(C)n(-c2ccc3c(c2)c2ccccc2n3-c2ccc3oc4ccccc4c3c2)c2ccc(C#N)cc12)C(C)(C)C. The molecular weight excluding hydrogens is 562 g/mol. The molecule has 0 aliphatic rings. The number of hydrogen-bond donors (Lipinski definition) is 0. The molecule has 4 heteroatoms. The average Bonchev–Trinajstić information content (AvgIpc) is 3.69. The molecule has 0 aliphatic heterocycles. The lowest BCUT2D eigenvalue weighted by Gasteiger charge is -2.20. The molecule has 3 aromatic heterocycles. The smallest absolute Gasteiger partial charge is 0.135 e. The Morgan fingerprint density at radius 3 is 2.11 bits per heavy atom. The Morgan fingerprint density at radius 2 is 1.33 bits per heavy atom. The molecule has 5 aromatic carbocycles. The molecule has 222 valence electrons. The van der Waals surface area contributed by atoms with E-state index < -0.39 is 0 Å². The van der Waals surface area contributed by atoms with E-state index in [0.717, 1.165) is 72.1 Å². The molecule has 0 amide bonds. The fourth-order valence-electron chi connectivity index (χ4n) is 7.00. The topological polar surface area (TPSA) is 46.8 Å². The van der Waals surface area contributed by atoms with Crippen LogP contribution < -0.4 is 0 Å². The summed E-state index contributed by atoms with van der Waals surface area (Å²) < 4.78 is 10.8. The van der Waals surface area contributed by atoms with Gasteiger partial charge >= 0.3 is 0 Å². The molecular formula is C42H33N3O. The average molecular weight is 596 g/mol. The number of nitrogens with zero attached hydrogens (tertiary/aromatic N) is 3. The van der Waals surface area contributed by atoms with E-state index in [1.165, 1.54) is 10.8 Å². The number of rotatable bonds is 4. The summed E-state index contributed by atoms with van der Waals surface area (Å²) in [5.74, 6) is 0. The Kier molecular flexibility index (Phi) is 6.10. The number of furan rings is 1. The van der Waals surface area contributed by atoms with E-state index in [2.05, 4.69) is 134 Å². The minimum atomic E-state index is -0.0675. The maximum Gasteiger partial charge on any atom is 0.135 e. The molecule has 0 spiro atoms. The van der Waals surface area contributed by atoms with Gasteiger partial charge in [0.05, 0.1) is 28.2 Å². The van der Waals surface area contributed by atoms with Gasteiger partial charge in [-0.2, -0.15) is 5.26 Å². The first-order valence-electron chi connectivity index (χ1n) is 15.6. The Balaban J connectivity index is 1.38. The molecule has 0 fully saturated rings. The van der Waals surface area contributed by atoms with Gasteiger partial charge in [-0.05, 0) is 90.7 Å². The van der Waals surface area contributed by atoms with Crippen LogP contribution in [0.4, 0.5) is 0 Å². The standard InChI is InChI=1S/C42H33N3O/c1-6-28(42(3,4)5)22-33-26(2)44(38-18-15-27(25-43)21-34(33)38)29-16-19-39-35(23-29)31-11-7-9-13-37(31)45(39)30-17-20-41-36(24-30)32-12-8-10-14-40(32)46-41/h6-24H,1H2,2-5H3/b28-22+. The highest BCUT2D eigenvalue weighted by molar-refractivity contribution is 6.11. The summed E-state index contributed by atoms with van der Waals surface area (Å²) in [6.07, 6.45) is 4.18. The molecule has 3 heterocycles. The van der Waals surface area contributed by atoms with Crippen LogP contribution in [-0.4, -0.2) is 9.13 Å². The van der Waals surface area contributed by atoms with E-state index in [1.54, 1.807) is 0 Å². The van der Waals surface area contributed by atoms with Crippen molar-refractivity contribution < 1.29 is 4.42 Å². The quantitative estimate of drug-likeness (QED) is 0.190. The van der Waals surface area contributed by atoms with Crippen molar-refractivity contribution in [3.05, 3.63) is 138 Å². The van der Waals surface area contributed by atoms with Gasteiger partial charge in [0.25, 0.3) is 0 Å². The van der Waals surface area contributed by atoms with Gasteiger partial charge in [0.1, 0.15) is 11.2 Å². The molecule has 4 nitrogen and oxygen atoms in total. The third-order valence-corrected chi connectivity index (χ3v) is 9.30. The molecule has 8 aromatic rings. The summed E-state index contributed by atoms with van der Waals surface area (Å²) in [7, 11) is 0. The normalized spacial score (nSPS) is 12.5. The lowest BCUT2D eigenvalue weighted by atomic mass is 9.85. The third kappa shape index (κ3) is 4.13. The summed E-state index contributed by atoms with van der Waals surface area (Å²) in [4.78, 5) is 0. The van der Waals surface area contributed by atoms with Gasteiger partial charge in [-0.1, -0.05) is 69.8 Å². The molecule has 0 saturated carbocycles. The van der Waals surface area contributed by atoms with Crippen molar-refractivity contribution in [1.29, 1.82) is 5.26 Å². The van der Waals surface area contributed by atoms with Gasteiger partial charge in [-0.15, -0.1) is 0 Å². The first kappa shape index (κ1) is 27.7. The van der Waals surface area contributed by atoms with Gasteiger partial charge < -0.3 is 13.6 Å². The molecule has 0 saturated heterocycles. The maximum atomic E-state index is 9.76. The first-order chi connectivity index (χ1) is 22.3. The molecule has 0 atom stereocenters. The van der Waals surface area contributed by atoms with Gasteiger partial charge in [0.15, 0.2) is 0 Å². The Hall–Kier alpha value is -5.79. The van der Waals surface area contributed by atoms with Crippen LogP contribution in [0.2, 0.25) is 0 Å². The van der Waals surface area contributed by atoms with E-state index in [0.29, 0.717) is 5.56 Å². The summed E-state index contributed by atoms with van der Waals surface area (Å²) >= 11 is 0. The monoisotopic (exact) mass is 595 g/mol. The third-order valence-electron chi connectivity index (χ3n) is 9.30. The largest absolute Gasteiger partial charge is 0.456 e. The molecule has 0 unspecified atom stereocenters. The van der Waals surface area contributed by atoms with Crippen molar-refractivity contribution in [2.45, 2.75) is 27.7 Å². The van der Waals surface area contributed by atoms with Crippen molar-refractivity contribution in [3.8, 4) is 17.4 Å². The summed E-state index contributed by atoms with van der Waals surface area (Å²) in [5, 5.41) is 15.4. The predicted octanol–water partition coefficient (Wildman–Crippen LogP) is 11.4. The maximum absolute atomic E-state index is 9.76. The molecule has 0 radical (unpaired) electrons. The lowest BCUT2D eigenvalue weighted by molar-refractivity contribution is 0.521. The summed E-state index contributed by atoms with van der Waals surface area (Å²) in [6.45, 7) is 12.9. The second-order valence-corrected chi connectivity index (χ2v) is 13.1. The van der Waals surface area contributed by atoms with Crippen LogP contribution in [0.25, 0.3) is 72.1 Å². The minimum absolute atomic E-state index is 0.0675. The second kappa shape index (κ2) is 10.1. The van der Waals surface area contributed by atoms with Crippen molar-refractivity contribution in [2.75, 3.05) is 0 Å². The molecule has 8 rings (SSSR count). The Labute approximate surface area is 267 Å². The van der Waals surface area contributed by atoms with Gasteiger partial charge in [-0.3, -0.25) is 0 Å². The van der Waals surface area contributed by atoms with E-state index >= 15 is 0 Å². The van der Waals surface area contributed by atoms with Gasteiger partial charge in [0.2, 0.25) is 0 Å². The van der Waals surface area contributed by atoms with Crippen LogP contribution in [0.5, 0.6) is 0 Å². The van der Waals surface area contributed by atoms with Crippen molar-refractivity contribution >= 4 is 60.7 Å². The zero-order valence-corrected chi connectivity index (χ0v) is 26.4. The Morgan fingerprint density at radius 1 is 0.696 bits per heavy atom. The van der Waals surface area contributed by atoms with Crippen LogP contribution in [0.15, 0.2) is 126 Å². The van der Waals surface area contributed by atoms with Crippen LogP contribution >= 0.6 is 0 Å². The van der Waals surface area contributed by atoms with E-state index in [9.17, 15) is 5.26 Å². The van der Waals surface area contributed by atoms with Gasteiger partial charge in [0, 0.05) is 49.6 Å². The van der Waals surface area contributed by atoms with E-state index in [4.69, 9.17) is 4.42 Å². The predicted molar refractivity (Wildman–Crippen MR) is 192 cm³/mol. The van der Waals surface area contributed by atoms with Crippen molar-refractivity contribution in [3.63, 3.8) is 0 Å². The molecule has 0 bridgehead atoms. The van der Waals surface area contributed by atoms with E-state index in [-0.39, 0.29) is 5.41 Å². The first-order valence-corrected chi connectivity index (χ1v) is 15.6. The highest BCUT2D eigenvalue weighted by atomic mass is 16.3. The lowest BCUT2D eigenvalue weighted by Crippen LogP contribution is -2.07. The summed E-state index contributed by atoms with van der Waals surface area (Å²) in [5.41, 5.74) is 11.3. The van der Waals surface area contributed by atoms with Crippen molar-refractivity contribution in [2.24, 2.45) is 5.41 Å². The van der Waals surface area contributed by atoms with Crippen LogP contribution in [0, 0.1) is 23.7 Å². The fraction of sp³-hybridized carbons (Fsp3) is 0.119. The number of aromatic nitrogens is 2. The highest BCUT2D eigenvalue weighted by Crippen LogP contribution is 2.39. The number of nitriles is 1. The van der Waals surface area contributed by atoms with Crippen LogP contribution in [0.3, 0.4) is 0 Å². The highest BCUT2D eigenvalue weighted by Gasteiger charge is 2.21. The van der Waals surface area contributed by atoms with Crippen LogP contribution in [-0.2, 0) is 0 Å². The number of benzene rings is 5. The minimum Gasteiger partial charge on any atom is -0.456 e. The molecule has 0 N–H and O–H groups in total.